The summed E-state index contributed by atoms with van der Waals surface area (Å²) in [5, 5.41) is 16.8. The molecule has 2 aromatic heterocycles. The second-order valence-corrected chi connectivity index (χ2v) is 9.58. The van der Waals surface area contributed by atoms with E-state index in [-0.39, 0.29) is 11.9 Å². The number of unbranched alkanes of at least 4 members (excludes halogenated alkanes) is 2. The average Bonchev–Trinajstić information content (AvgIpc) is 3.68. The fourth-order valence-electron chi connectivity index (χ4n) is 4.73. The van der Waals surface area contributed by atoms with Crippen LogP contribution in [0.25, 0.3) is 28.6 Å². The maximum absolute atomic E-state index is 12.6. The lowest BCUT2D eigenvalue weighted by molar-refractivity contribution is -0.116. The topological polar surface area (TPSA) is 122 Å². The van der Waals surface area contributed by atoms with E-state index in [1.165, 1.54) is 4.90 Å². The highest BCUT2D eigenvalue weighted by atomic mass is 16.2. The van der Waals surface area contributed by atoms with E-state index >= 15 is 0 Å². The second-order valence-electron chi connectivity index (χ2n) is 9.58. The van der Waals surface area contributed by atoms with Crippen LogP contribution < -0.4 is 5.32 Å². The number of rotatable bonds is 11. The van der Waals surface area contributed by atoms with Gasteiger partial charge in [0.1, 0.15) is 11.5 Å². The largest absolute Gasteiger partial charge is 0.329 e. The third-order valence-corrected chi connectivity index (χ3v) is 6.87. The minimum Gasteiger partial charge on any atom is -0.324 e. The van der Waals surface area contributed by atoms with E-state index in [0.717, 1.165) is 65.9 Å². The fraction of sp³-hybridized carbons (Fsp3) is 0.310. The first-order valence-corrected chi connectivity index (χ1v) is 13.4. The molecule has 1 fully saturated rings. The Balaban J connectivity index is 1.45. The molecule has 1 saturated heterocycles. The van der Waals surface area contributed by atoms with Gasteiger partial charge in [0, 0.05) is 25.1 Å². The Morgan fingerprint density at radius 2 is 1.72 bits per heavy atom. The number of carbonyl (C=O) groups excluding carboxylic acids is 2. The van der Waals surface area contributed by atoms with Crippen LogP contribution in [-0.4, -0.2) is 53.6 Å². The number of aromatic amines is 1. The Morgan fingerprint density at radius 1 is 0.949 bits per heavy atom. The van der Waals surface area contributed by atoms with Gasteiger partial charge in [0.25, 0.3) is 5.91 Å². The van der Waals surface area contributed by atoms with Crippen LogP contribution in [0.2, 0.25) is 0 Å². The zero-order chi connectivity index (χ0) is 27.2. The molecule has 4 aromatic rings. The molecule has 0 aliphatic carbocycles. The van der Waals surface area contributed by atoms with Crippen LogP contribution in [0.5, 0.6) is 0 Å². The number of hydrogen-bond acceptors (Lipinski definition) is 6. The number of nitrogens with zero attached hydrogens (tertiary/aromatic N) is 6. The summed E-state index contributed by atoms with van der Waals surface area (Å²) in [5.41, 5.74) is 5.28. The highest BCUT2D eigenvalue weighted by Gasteiger charge is 2.32. The molecule has 3 amide bonds. The van der Waals surface area contributed by atoms with Crippen molar-refractivity contribution in [3.63, 3.8) is 0 Å². The Hall–Kier alpha value is -4.60. The number of aryl methyl sites for hydroxylation is 1. The lowest BCUT2D eigenvalue weighted by Gasteiger charge is -2.16. The first-order chi connectivity index (χ1) is 19.1. The minimum absolute atomic E-state index is 0.366. The van der Waals surface area contributed by atoms with Crippen molar-refractivity contribution in [3.8, 4) is 22.5 Å². The molecule has 0 bridgehead atoms. The number of tetrazole rings is 1. The summed E-state index contributed by atoms with van der Waals surface area (Å²) < 4.78 is 2.14. The van der Waals surface area contributed by atoms with Gasteiger partial charge >= 0.3 is 6.03 Å². The van der Waals surface area contributed by atoms with E-state index < -0.39 is 0 Å². The number of H-pyrrole nitrogens is 1. The molecular formula is C29H32N8O2. The van der Waals surface area contributed by atoms with Gasteiger partial charge in [0.15, 0.2) is 5.82 Å². The number of aromatic nitrogens is 6. The molecule has 0 saturated carbocycles. The molecule has 2 aromatic carbocycles. The van der Waals surface area contributed by atoms with Crippen molar-refractivity contribution < 1.29 is 9.59 Å². The fourth-order valence-corrected chi connectivity index (χ4v) is 4.73. The molecule has 5 rings (SSSR count). The predicted octanol–water partition coefficient (Wildman–Crippen LogP) is 4.81. The Morgan fingerprint density at radius 3 is 2.44 bits per heavy atom. The van der Waals surface area contributed by atoms with E-state index in [4.69, 9.17) is 0 Å². The smallest absolute Gasteiger partial charge is 0.324 e. The first kappa shape index (κ1) is 26.0. The van der Waals surface area contributed by atoms with Crippen molar-refractivity contribution in [1.82, 2.24) is 40.4 Å². The van der Waals surface area contributed by atoms with E-state index in [1.54, 1.807) is 12.3 Å². The first-order valence-electron chi connectivity index (χ1n) is 13.4. The second kappa shape index (κ2) is 11.8. The third-order valence-electron chi connectivity index (χ3n) is 6.87. The van der Waals surface area contributed by atoms with Crippen LogP contribution in [0.1, 0.15) is 56.6 Å². The number of amides is 3. The molecule has 0 unspecified atom stereocenters. The maximum atomic E-state index is 12.6. The van der Waals surface area contributed by atoms with Gasteiger partial charge in [-0.3, -0.25) is 15.0 Å². The minimum atomic E-state index is -0.371. The Bertz CT molecular complexity index is 1470. The molecule has 200 valence electrons. The maximum Gasteiger partial charge on any atom is 0.329 e. The quantitative estimate of drug-likeness (QED) is 0.214. The molecule has 0 spiro atoms. The lowest BCUT2D eigenvalue weighted by Crippen LogP contribution is -2.28. The van der Waals surface area contributed by atoms with Crippen LogP contribution >= 0.6 is 0 Å². The molecule has 10 heteroatoms. The standard InChI is InChI=1S/C29H32N8O2/c1-3-5-11-26-30-18-22(17-25-28(38)31-29(39)36(25)16-6-4-2)37(26)19-20-12-14-21(15-13-20)23-9-7-8-10-24(23)27-32-34-35-33-27/h7-10,12-15,17-18H,3-6,11,16,19H2,1-2H3,(H,31,38,39)(H,32,33,34,35). The Kier molecular flexibility index (Phi) is 7.91. The van der Waals surface area contributed by atoms with Crippen molar-refractivity contribution in [2.75, 3.05) is 6.54 Å². The average molecular weight is 525 g/mol. The summed E-state index contributed by atoms with van der Waals surface area (Å²) in [5.74, 6) is 1.21. The van der Waals surface area contributed by atoms with Gasteiger partial charge in [0.05, 0.1) is 11.9 Å². The van der Waals surface area contributed by atoms with Crippen molar-refractivity contribution in [1.29, 1.82) is 0 Å². The van der Waals surface area contributed by atoms with Gasteiger partial charge in [-0.2, -0.15) is 0 Å². The summed E-state index contributed by atoms with van der Waals surface area (Å²) in [6.45, 7) is 5.31. The van der Waals surface area contributed by atoms with Gasteiger partial charge in [0.2, 0.25) is 0 Å². The molecule has 39 heavy (non-hydrogen) atoms. The predicted molar refractivity (Wildman–Crippen MR) is 148 cm³/mol. The Labute approximate surface area is 227 Å². The molecular weight excluding hydrogens is 492 g/mol. The van der Waals surface area contributed by atoms with Crippen molar-refractivity contribution in [2.45, 2.75) is 52.5 Å². The van der Waals surface area contributed by atoms with Crippen molar-refractivity contribution in [3.05, 3.63) is 77.5 Å². The van der Waals surface area contributed by atoms with Crippen LogP contribution in [0, 0.1) is 0 Å². The van der Waals surface area contributed by atoms with Crippen molar-refractivity contribution >= 4 is 18.0 Å². The number of carbonyl (C=O) groups is 2. The number of urea groups is 1. The lowest BCUT2D eigenvalue weighted by atomic mass is 9.98. The molecule has 1 aliphatic heterocycles. The van der Waals surface area contributed by atoms with Gasteiger partial charge < -0.3 is 4.57 Å². The van der Waals surface area contributed by atoms with Crippen LogP contribution in [-0.2, 0) is 17.8 Å². The summed E-state index contributed by atoms with van der Waals surface area (Å²) in [6.07, 6.45) is 8.24. The third kappa shape index (κ3) is 5.64. The number of hydrogen-bond donors (Lipinski definition) is 2. The van der Waals surface area contributed by atoms with Crippen LogP contribution in [0.3, 0.4) is 0 Å². The number of nitrogens with one attached hydrogen (secondary N) is 2. The summed E-state index contributed by atoms with van der Waals surface area (Å²) >= 11 is 0. The van der Waals surface area contributed by atoms with Gasteiger partial charge in [-0.15, -0.1) is 5.10 Å². The molecule has 3 heterocycles. The summed E-state index contributed by atoms with van der Waals surface area (Å²) in [6, 6.07) is 16.0. The molecule has 0 radical (unpaired) electrons. The number of imide groups is 1. The molecule has 1 aliphatic rings. The van der Waals surface area contributed by atoms with Crippen LogP contribution in [0.4, 0.5) is 4.79 Å². The molecule has 0 atom stereocenters. The van der Waals surface area contributed by atoms with Gasteiger partial charge in [-0.25, -0.2) is 14.9 Å². The van der Waals surface area contributed by atoms with Gasteiger partial charge in [-0.05, 0) is 46.0 Å². The molecule has 2 N–H and O–H groups in total. The normalized spacial score (nSPS) is 14.4. The number of benzene rings is 2. The highest BCUT2D eigenvalue weighted by molar-refractivity contribution is 6.13. The van der Waals surface area contributed by atoms with E-state index in [1.807, 2.05) is 24.3 Å². The van der Waals surface area contributed by atoms with Gasteiger partial charge in [-0.1, -0.05) is 75.2 Å². The monoisotopic (exact) mass is 524 g/mol. The zero-order valence-electron chi connectivity index (χ0n) is 22.2. The molecule has 10 nitrogen and oxygen atoms in total. The van der Waals surface area contributed by atoms with Crippen LogP contribution in [0.15, 0.2) is 60.4 Å². The summed E-state index contributed by atoms with van der Waals surface area (Å²) in [4.78, 5) is 31.2. The van der Waals surface area contributed by atoms with Crippen molar-refractivity contribution in [2.24, 2.45) is 0 Å². The SMILES string of the molecule is CCCCc1ncc(C=C2C(=O)NC(=O)N2CCCC)n1Cc1ccc(-c2ccccc2-c2nnn[nH]2)cc1. The van der Waals surface area contributed by atoms with E-state index in [9.17, 15) is 9.59 Å². The highest BCUT2D eigenvalue weighted by Crippen LogP contribution is 2.30. The van der Waals surface area contributed by atoms with E-state index in [2.05, 4.69) is 73.6 Å². The number of imidazole rings is 1. The zero-order valence-corrected chi connectivity index (χ0v) is 22.2. The van der Waals surface area contributed by atoms with E-state index in [0.29, 0.717) is 24.6 Å². The summed E-state index contributed by atoms with van der Waals surface area (Å²) in [7, 11) is 0.